The topological polar surface area (TPSA) is 95.9 Å². The third kappa shape index (κ3) is 3.78. The molecule has 7 nitrogen and oxygen atoms in total. The molecule has 3 heterocycles. The van der Waals surface area contributed by atoms with Gasteiger partial charge in [0.25, 0.3) is 5.91 Å². The number of hydrogen-bond donors (Lipinski definition) is 2. The molecular formula is C25H24N2O5S. The zero-order valence-electron chi connectivity index (χ0n) is 18.3. The number of nitrogens with zero attached hydrogens (tertiary/aromatic N) is 1. The van der Waals surface area contributed by atoms with Crippen LogP contribution in [0.2, 0.25) is 0 Å². The Morgan fingerprint density at radius 2 is 1.94 bits per heavy atom. The summed E-state index contributed by atoms with van der Waals surface area (Å²) in [4.78, 5) is 39.1. The largest absolute Gasteiger partial charge is 0.487 e. The molecule has 0 aliphatic carbocycles. The molecular weight excluding hydrogens is 440 g/mol. The van der Waals surface area contributed by atoms with Crippen molar-refractivity contribution in [2.75, 3.05) is 5.75 Å². The summed E-state index contributed by atoms with van der Waals surface area (Å²) in [5.41, 5.74) is 2.77. The van der Waals surface area contributed by atoms with E-state index in [1.54, 1.807) is 0 Å². The lowest BCUT2D eigenvalue weighted by molar-refractivity contribution is -0.150. The molecule has 2 aromatic rings. The first kappa shape index (κ1) is 21.6. The fourth-order valence-corrected chi connectivity index (χ4v) is 6.05. The minimum atomic E-state index is -1.16. The Bertz CT molecular complexity index is 1190. The summed E-state index contributed by atoms with van der Waals surface area (Å²) in [6.07, 6.45) is 0.901. The van der Waals surface area contributed by atoms with Crippen molar-refractivity contribution in [3.63, 3.8) is 0 Å². The second-order valence-electron chi connectivity index (χ2n) is 9.08. The van der Waals surface area contributed by atoms with E-state index in [0.717, 1.165) is 17.5 Å². The van der Waals surface area contributed by atoms with E-state index in [0.29, 0.717) is 22.6 Å². The van der Waals surface area contributed by atoms with Gasteiger partial charge in [0.15, 0.2) is 0 Å². The van der Waals surface area contributed by atoms with E-state index in [1.807, 2.05) is 62.4 Å². The zero-order chi connectivity index (χ0) is 23.3. The maximum absolute atomic E-state index is 13.0. The van der Waals surface area contributed by atoms with E-state index in [-0.39, 0.29) is 23.6 Å². The molecule has 0 aromatic heterocycles. The van der Waals surface area contributed by atoms with Crippen LogP contribution in [0.25, 0.3) is 5.57 Å². The molecule has 3 aliphatic heterocycles. The number of carbonyl (C=O) groups is 3. The summed E-state index contributed by atoms with van der Waals surface area (Å²) in [5, 5.41) is 12.4. The molecule has 170 valence electrons. The number of fused-ring (bicyclic) bond motifs is 2. The first-order valence-electron chi connectivity index (χ1n) is 10.8. The van der Waals surface area contributed by atoms with E-state index < -0.39 is 23.3 Å². The number of carboxylic acids is 1. The number of para-hydroxylation sites is 1. The van der Waals surface area contributed by atoms with Crippen LogP contribution in [0, 0.1) is 0 Å². The van der Waals surface area contributed by atoms with E-state index in [9.17, 15) is 19.5 Å². The molecule has 2 aromatic carbocycles. The van der Waals surface area contributed by atoms with Crippen molar-refractivity contribution in [2.24, 2.45) is 0 Å². The first-order valence-corrected chi connectivity index (χ1v) is 11.9. The number of carbonyl (C=O) groups excluding carboxylic acids is 2. The highest BCUT2D eigenvalue weighted by atomic mass is 32.2. The van der Waals surface area contributed by atoms with Crippen molar-refractivity contribution in [3.8, 4) is 5.75 Å². The highest BCUT2D eigenvalue weighted by Gasteiger charge is 2.54. The Balaban J connectivity index is 1.40. The summed E-state index contributed by atoms with van der Waals surface area (Å²) in [7, 11) is 0. The van der Waals surface area contributed by atoms with Crippen LogP contribution in [0.5, 0.6) is 5.75 Å². The van der Waals surface area contributed by atoms with Crippen molar-refractivity contribution in [2.45, 2.75) is 43.7 Å². The smallest absolute Gasteiger partial charge is 0.352 e. The molecule has 0 radical (unpaired) electrons. The molecule has 0 spiro atoms. The van der Waals surface area contributed by atoms with Crippen LogP contribution in [0.15, 0.2) is 54.2 Å². The van der Waals surface area contributed by atoms with Gasteiger partial charge in [-0.05, 0) is 25.0 Å². The molecule has 0 saturated carbocycles. The van der Waals surface area contributed by atoms with Crippen LogP contribution in [0.3, 0.4) is 0 Å². The lowest BCUT2D eigenvalue weighted by atomic mass is 9.95. The number of rotatable bonds is 5. The van der Waals surface area contributed by atoms with Crippen LogP contribution in [-0.4, -0.2) is 50.6 Å². The van der Waals surface area contributed by atoms with Gasteiger partial charge in [-0.25, -0.2) is 4.79 Å². The Labute approximate surface area is 195 Å². The molecule has 2 atom stereocenters. The Morgan fingerprint density at radius 3 is 2.67 bits per heavy atom. The van der Waals surface area contributed by atoms with Crippen LogP contribution >= 0.6 is 11.8 Å². The average Bonchev–Trinajstić information content (AvgIpc) is 3.10. The van der Waals surface area contributed by atoms with E-state index in [2.05, 4.69) is 5.32 Å². The predicted molar refractivity (Wildman–Crippen MR) is 125 cm³/mol. The van der Waals surface area contributed by atoms with Gasteiger partial charge in [0.1, 0.15) is 28.5 Å². The Kier molecular flexibility index (Phi) is 5.20. The highest BCUT2D eigenvalue weighted by Crippen LogP contribution is 2.47. The van der Waals surface area contributed by atoms with Crippen LogP contribution in [0.4, 0.5) is 0 Å². The first-order chi connectivity index (χ1) is 15.7. The number of ether oxygens (including phenoxy) is 1. The van der Waals surface area contributed by atoms with E-state index in [1.165, 1.54) is 16.7 Å². The van der Waals surface area contributed by atoms with E-state index in [4.69, 9.17) is 4.74 Å². The number of amides is 2. The second-order valence-corrected chi connectivity index (χ2v) is 10.2. The van der Waals surface area contributed by atoms with Gasteiger partial charge in [-0.2, -0.15) is 0 Å². The summed E-state index contributed by atoms with van der Waals surface area (Å²) in [5.74, 6) is -0.731. The summed E-state index contributed by atoms with van der Waals surface area (Å²) in [6, 6.07) is 14.3. The van der Waals surface area contributed by atoms with Gasteiger partial charge < -0.3 is 15.2 Å². The molecule has 0 unspecified atom stereocenters. The van der Waals surface area contributed by atoms with Crippen molar-refractivity contribution in [1.82, 2.24) is 10.2 Å². The summed E-state index contributed by atoms with van der Waals surface area (Å²) < 4.78 is 6.15. The Hall–Kier alpha value is -3.26. The van der Waals surface area contributed by atoms with Crippen LogP contribution < -0.4 is 10.1 Å². The number of benzene rings is 2. The molecule has 5 rings (SSSR count). The molecule has 33 heavy (non-hydrogen) atoms. The third-order valence-corrected chi connectivity index (χ3v) is 7.39. The predicted octanol–water partition coefficient (Wildman–Crippen LogP) is 2.84. The van der Waals surface area contributed by atoms with Crippen molar-refractivity contribution in [3.05, 3.63) is 70.9 Å². The molecule has 2 amide bonds. The van der Waals surface area contributed by atoms with Gasteiger partial charge in [0.2, 0.25) is 5.91 Å². The normalized spacial score (nSPS) is 22.7. The molecule has 2 N–H and O–H groups in total. The molecule has 1 fully saturated rings. The molecule has 0 bridgehead atoms. The van der Waals surface area contributed by atoms with Crippen LogP contribution in [-0.2, 0) is 27.2 Å². The maximum Gasteiger partial charge on any atom is 0.352 e. The Morgan fingerprint density at radius 1 is 1.18 bits per heavy atom. The standard InChI is InChI=1S/C25H24N2O5S/c1-25(2)12-15-9-6-10-16(21(15)32-25)17-13-33-23-19(22(29)27(23)20(17)24(30)31)26-18(28)11-14-7-4-3-5-8-14/h3-10,19,23H,11-13H2,1-2H3,(H,26,28)(H,30,31)/t19-,23-/m1/s1. The minimum absolute atomic E-state index is 0.0287. The van der Waals surface area contributed by atoms with Gasteiger partial charge >= 0.3 is 5.97 Å². The number of thioether (sulfide) groups is 1. The fraction of sp³-hybridized carbons (Fsp3) is 0.320. The zero-order valence-corrected chi connectivity index (χ0v) is 19.1. The lowest BCUT2D eigenvalue weighted by Crippen LogP contribution is -2.70. The van der Waals surface area contributed by atoms with Crippen molar-refractivity contribution < 1.29 is 24.2 Å². The number of aliphatic carboxylic acids is 1. The van der Waals surface area contributed by atoms with Gasteiger partial charge in [-0.1, -0.05) is 48.5 Å². The fourth-order valence-electron chi connectivity index (χ4n) is 4.68. The number of nitrogens with one attached hydrogen (secondary N) is 1. The number of hydrogen-bond acceptors (Lipinski definition) is 5. The third-order valence-electron chi connectivity index (χ3n) is 6.11. The van der Waals surface area contributed by atoms with Gasteiger partial charge in [-0.15, -0.1) is 11.8 Å². The molecule has 3 aliphatic rings. The quantitative estimate of drug-likeness (QED) is 0.661. The van der Waals surface area contributed by atoms with Crippen molar-refractivity contribution >= 4 is 35.1 Å². The summed E-state index contributed by atoms with van der Waals surface area (Å²) in [6.45, 7) is 3.99. The van der Waals surface area contributed by atoms with Gasteiger partial charge in [-0.3, -0.25) is 14.5 Å². The number of carboxylic acid groups (broad SMARTS) is 1. The van der Waals surface area contributed by atoms with Gasteiger partial charge in [0.05, 0.1) is 6.42 Å². The highest BCUT2D eigenvalue weighted by molar-refractivity contribution is 8.00. The summed E-state index contributed by atoms with van der Waals surface area (Å²) >= 11 is 1.46. The molecule has 8 heteroatoms. The monoisotopic (exact) mass is 464 g/mol. The van der Waals surface area contributed by atoms with Crippen LogP contribution in [0.1, 0.15) is 30.5 Å². The minimum Gasteiger partial charge on any atom is -0.487 e. The average molecular weight is 465 g/mol. The van der Waals surface area contributed by atoms with Gasteiger partial charge in [0, 0.05) is 23.3 Å². The number of β-lactam (4-membered cyclic amide) rings is 1. The SMILES string of the molecule is CC1(C)Cc2cccc(C3=C(C(=O)O)N4C(=O)[C@@H](NC(=O)Cc5ccccc5)[C@H]4SC3)c2O1. The lowest BCUT2D eigenvalue weighted by Gasteiger charge is -2.49. The second kappa shape index (κ2) is 7.95. The maximum atomic E-state index is 13.0. The van der Waals surface area contributed by atoms with Crippen molar-refractivity contribution in [1.29, 1.82) is 0 Å². The molecule has 1 saturated heterocycles. The van der Waals surface area contributed by atoms with E-state index >= 15 is 0 Å².